The van der Waals surface area contributed by atoms with E-state index in [-0.39, 0.29) is 17.1 Å². The van der Waals surface area contributed by atoms with Crippen molar-refractivity contribution in [2.45, 2.75) is 36.8 Å². The molecule has 1 N–H and O–H groups in total. The molecule has 2 amide bonds. The second kappa shape index (κ2) is 8.57. The van der Waals surface area contributed by atoms with Crippen molar-refractivity contribution in [1.29, 1.82) is 0 Å². The van der Waals surface area contributed by atoms with Gasteiger partial charge in [0.1, 0.15) is 0 Å². The van der Waals surface area contributed by atoms with Crippen molar-refractivity contribution in [2.75, 3.05) is 56.7 Å². The Balaban J connectivity index is 1.32. The number of nitrogens with one attached hydrogen (secondary N) is 1. The fraction of sp³-hybridized carbons (Fsp3) is 0.520. The third-order valence-corrected chi connectivity index (χ3v) is 7.71. The Morgan fingerprint density at radius 3 is 2.42 bits per heavy atom. The maximum absolute atomic E-state index is 14.9. The summed E-state index contributed by atoms with van der Waals surface area (Å²) in [7, 11) is 4.27. The lowest BCUT2D eigenvalue weighted by atomic mass is 9.69. The summed E-state index contributed by atoms with van der Waals surface area (Å²) >= 11 is 0. The van der Waals surface area contributed by atoms with Gasteiger partial charge < -0.3 is 15.0 Å². The van der Waals surface area contributed by atoms with Crippen molar-refractivity contribution in [1.82, 2.24) is 15.2 Å². The van der Waals surface area contributed by atoms with Gasteiger partial charge in [0.25, 0.3) is 0 Å². The van der Waals surface area contributed by atoms with E-state index in [0.717, 1.165) is 25.7 Å². The van der Waals surface area contributed by atoms with Crippen molar-refractivity contribution in [3.8, 4) is 0 Å². The first-order valence-electron chi connectivity index (χ1n) is 11.7. The average Bonchev–Trinajstić information content (AvgIpc) is 3.16. The second-order valence-corrected chi connectivity index (χ2v) is 9.69. The highest BCUT2D eigenvalue weighted by Crippen LogP contribution is 2.46. The van der Waals surface area contributed by atoms with Crippen LogP contribution in [0.2, 0.25) is 0 Å². The fourth-order valence-electron chi connectivity index (χ4n) is 5.66. The number of rotatable bonds is 4. The SMILES string of the molecule is CN(C)[C@]1(c2ccccc2)CC[C@@]2(CC1)CN(c1cnc(N3CCOCC3)c(F)c1)C(=O)N2. The Hall–Kier alpha value is -2.71. The van der Waals surface area contributed by atoms with Gasteiger partial charge in [0.05, 0.1) is 37.2 Å². The van der Waals surface area contributed by atoms with E-state index in [1.165, 1.54) is 11.6 Å². The van der Waals surface area contributed by atoms with Gasteiger partial charge in [-0.25, -0.2) is 14.2 Å². The average molecular weight is 454 g/mol. The van der Waals surface area contributed by atoms with E-state index >= 15 is 0 Å². The Bertz CT molecular complexity index is 1000. The Labute approximate surface area is 194 Å². The Morgan fingerprint density at radius 1 is 1.09 bits per heavy atom. The predicted molar refractivity (Wildman–Crippen MR) is 126 cm³/mol. The van der Waals surface area contributed by atoms with Gasteiger partial charge in [-0.1, -0.05) is 30.3 Å². The summed E-state index contributed by atoms with van der Waals surface area (Å²) in [6.07, 6.45) is 5.24. The molecule has 3 aliphatic rings. The molecule has 7 nitrogen and oxygen atoms in total. The molecule has 33 heavy (non-hydrogen) atoms. The molecule has 5 rings (SSSR count). The molecule has 1 saturated carbocycles. The van der Waals surface area contributed by atoms with Gasteiger partial charge in [0, 0.05) is 24.7 Å². The van der Waals surface area contributed by atoms with E-state index < -0.39 is 5.82 Å². The molecule has 3 fully saturated rings. The van der Waals surface area contributed by atoms with E-state index in [1.807, 2.05) is 11.0 Å². The van der Waals surface area contributed by atoms with Crippen LogP contribution in [0, 0.1) is 5.82 Å². The number of morpholine rings is 1. The molecule has 2 aliphatic heterocycles. The summed E-state index contributed by atoms with van der Waals surface area (Å²) in [6, 6.07) is 11.9. The van der Waals surface area contributed by atoms with E-state index in [9.17, 15) is 9.18 Å². The number of anilines is 2. The van der Waals surface area contributed by atoms with Crippen molar-refractivity contribution < 1.29 is 13.9 Å². The summed E-state index contributed by atoms with van der Waals surface area (Å²) in [5.41, 5.74) is 1.48. The largest absolute Gasteiger partial charge is 0.378 e. The second-order valence-electron chi connectivity index (χ2n) is 9.69. The van der Waals surface area contributed by atoms with Crippen LogP contribution >= 0.6 is 0 Å². The van der Waals surface area contributed by atoms with Crippen LogP contribution in [0.4, 0.5) is 20.7 Å². The number of pyridine rings is 1. The molecule has 3 heterocycles. The van der Waals surface area contributed by atoms with Crippen LogP contribution in [0.5, 0.6) is 0 Å². The van der Waals surface area contributed by atoms with Crippen LogP contribution in [0.15, 0.2) is 42.6 Å². The van der Waals surface area contributed by atoms with E-state index in [1.54, 1.807) is 11.1 Å². The number of aromatic nitrogens is 1. The van der Waals surface area contributed by atoms with Crippen molar-refractivity contribution in [3.05, 3.63) is 54.0 Å². The number of hydrogen-bond acceptors (Lipinski definition) is 5. The normalized spacial score (nSPS) is 27.9. The molecule has 8 heteroatoms. The smallest absolute Gasteiger partial charge is 0.322 e. The number of nitrogens with zero attached hydrogens (tertiary/aromatic N) is 4. The first-order valence-corrected chi connectivity index (χ1v) is 11.7. The van der Waals surface area contributed by atoms with Gasteiger partial charge in [-0.2, -0.15) is 0 Å². The molecule has 0 bridgehead atoms. The Kier molecular flexibility index (Phi) is 5.74. The quantitative estimate of drug-likeness (QED) is 0.769. The number of carbonyl (C=O) groups excluding carboxylic acids is 1. The summed E-state index contributed by atoms with van der Waals surface area (Å²) < 4.78 is 20.3. The van der Waals surface area contributed by atoms with Crippen LogP contribution in [-0.4, -0.2) is 68.4 Å². The topological polar surface area (TPSA) is 60.9 Å². The minimum atomic E-state index is -0.400. The number of carbonyl (C=O) groups is 1. The molecule has 1 aromatic carbocycles. The van der Waals surface area contributed by atoms with E-state index in [4.69, 9.17) is 4.74 Å². The van der Waals surface area contributed by atoms with Crippen LogP contribution in [0.1, 0.15) is 31.2 Å². The molecule has 0 atom stereocenters. The molecule has 2 aromatic rings. The molecule has 0 radical (unpaired) electrons. The van der Waals surface area contributed by atoms with Gasteiger partial charge in [-0.15, -0.1) is 0 Å². The van der Waals surface area contributed by atoms with Crippen molar-refractivity contribution in [2.24, 2.45) is 0 Å². The van der Waals surface area contributed by atoms with Crippen LogP contribution in [-0.2, 0) is 10.3 Å². The van der Waals surface area contributed by atoms with Crippen LogP contribution in [0.3, 0.4) is 0 Å². The van der Waals surface area contributed by atoms with Gasteiger partial charge in [0.2, 0.25) is 0 Å². The number of ether oxygens (including phenoxy) is 1. The number of urea groups is 1. The van der Waals surface area contributed by atoms with Crippen LogP contribution < -0.4 is 15.1 Å². The fourth-order valence-corrected chi connectivity index (χ4v) is 5.66. The highest BCUT2D eigenvalue weighted by molar-refractivity contribution is 5.95. The highest BCUT2D eigenvalue weighted by Gasteiger charge is 2.50. The molecule has 176 valence electrons. The van der Waals surface area contributed by atoms with E-state index in [2.05, 4.69) is 53.6 Å². The lowest BCUT2D eigenvalue weighted by Gasteiger charge is -2.48. The van der Waals surface area contributed by atoms with Gasteiger partial charge >= 0.3 is 6.03 Å². The van der Waals surface area contributed by atoms with Crippen LogP contribution in [0.25, 0.3) is 0 Å². The number of amides is 2. The van der Waals surface area contributed by atoms with Gasteiger partial charge in [-0.3, -0.25) is 9.80 Å². The zero-order chi connectivity index (χ0) is 23.1. The standard InChI is InChI=1S/C25H32FN5O2/c1-29(2)25(19-6-4-3-5-7-19)10-8-24(9-11-25)18-31(23(32)28-24)20-16-21(26)22(27-17-20)30-12-14-33-15-13-30/h3-7,16-17H,8-15,18H2,1-2H3,(H,28,32)/t24-,25-. The highest BCUT2D eigenvalue weighted by atomic mass is 19.1. The zero-order valence-corrected chi connectivity index (χ0v) is 19.4. The summed E-state index contributed by atoms with van der Waals surface area (Å²) in [5, 5.41) is 3.23. The minimum absolute atomic E-state index is 0.0435. The molecular weight excluding hydrogens is 421 g/mol. The molecule has 0 unspecified atom stereocenters. The lowest BCUT2D eigenvalue weighted by Crippen LogP contribution is -2.54. The van der Waals surface area contributed by atoms with E-state index in [0.29, 0.717) is 44.4 Å². The summed E-state index contributed by atoms with van der Waals surface area (Å²) in [4.78, 5) is 23.2. The van der Waals surface area contributed by atoms with Crippen molar-refractivity contribution >= 4 is 17.5 Å². The summed E-state index contributed by atoms with van der Waals surface area (Å²) in [6.45, 7) is 2.90. The molecular formula is C25H32FN5O2. The third-order valence-electron chi connectivity index (χ3n) is 7.71. The monoisotopic (exact) mass is 453 g/mol. The minimum Gasteiger partial charge on any atom is -0.378 e. The maximum atomic E-state index is 14.9. The number of benzene rings is 1. The predicted octanol–water partition coefficient (Wildman–Crippen LogP) is 3.36. The first kappa shape index (κ1) is 22.1. The molecule has 1 aliphatic carbocycles. The molecule has 1 aromatic heterocycles. The zero-order valence-electron chi connectivity index (χ0n) is 19.4. The number of hydrogen-bond donors (Lipinski definition) is 1. The van der Waals surface area contributed by atoms with Gasteiger partial charge in [-0.05, 0) is 45.3 Å². The Morgan fingerprint density at radius 2 is 1.79 bits per heavy atom. The maximum Gasteiger partial charge on any atom is 0.322 e. The lowest BCUT2D eigenvalue weighted by molar-refractivity contribution is 0.0658. The first-order chi connectivity index (χ1) is 15.9. The van der Waals surface area contributed by atoms with Crippen molar-refractivity contribution in [3.63, 3.8) is 0 Å². The third kappa shape index (κ3) is 3.95. The molecule has 1 spiro atoms. The number of halogens is 1. The van der Waals surface area contributed by atoms with Gasteiger partial charge in [0.15, 0.2) is 11.6 Å². The molecule has 2 saturated heterocycles. The summed E-state index contributed by atoms with van der Waals surface area (Å²) in [5.74, 6) is -0.0739.